The van der Waals surface area contributed by atoms with Gasteiger partial charge < -0.3 is 9.64 Å². The summed E-state index contributed by atoms with van der Waals surface area (Å²) in [7, 11) is 2.17. The number of nitrogens with two attached hydrogens (primary N) is 1. The van der Waals surface area contributed by atoms with Gasteiger partial charge in [-0.05, 0) is 50.5 Å². The zero-order valence-electron chi connectivity index (χ0n) is 10.9. The molecule has 0 saturated carbocycles. The van der Waals surface area contributed by atoms with E-state index in [-0.39, 0.29) is 0 Å². The number of hydrogen-bond donors (Lipinski definition) is 2. The molecule has 0 radical (unpaired) electrons. The van der Waals surface area contributed by atoms with Crippen LogP contribution in [0, 0.1) is 5.92 Å². The topological polar surface area (TPSA) is 63.4 Å². The van der Waals surface area contributed by atoms with E-state index in [2.05, 4.69) is 22.4 Å². The third-order valence-electron chi connectivity index (χ3n) is 3.41. The SMILES string of the molecule is CN1CCC(COc2cc(CNN)ccn2)CC1. The largest absolute Gasteiger partial charge is 0.477 e. The fraction of sp³-hybridized carbons (Fsp3) is 0.615. The minimum Gasteiger partial charge on any atom is -0.477 e. The Balaban J connectivity index is 1.80. The Labute approximate surface area is 108 Å². The van der Waals surface area contributed by atoms with Crippen LogP contribution in [0.15, 0.2) is 18.3 Å². The van der Waals surface area contributed by atoms with E-state index >= 15 is 0 Å². The number of hydrazine groups is 1. The summed E-state index contributed by atoms with van der Waals surface area (Å²) in [6, 6.07) is 3.87. The summed E-state index contributed by atoms with van der Waals surface area (Å²) >= 11 is 0. The molecular formula is C13H22N4O. The Kier molecular flexibility index (Phi) is 4.92. The van der Waals surface area contributed by atoms with Gasteiger partial charge in [0.15, 0.2) is 0 Å². The fourth-order valence-corrected chi connectivity index (χ4v) is 2.19. The van der Waals surface area contributed by atoms with E-state index < -0.39 is 0 Å². The number of nitrogens with zero attached hydrogens (tertiary/aromatic N) is 2. The van der Waals surface area contributed by atoms with Gasteiger partial charge in [0.2, 0.25) is 5.88 Å². The lowest BCUT2D eigenvalue weighted by atomic mass is 9.98. The molecule has 1 fully saturated rings. The molecule has 0 aromatic carbocycles. The predicted molar refractivity (Wildman–Crippen MR) is 71.0 cm³/mol. The van der Waals surface area contributed by atoms with Crippen molar-refractivity contribution in [3.8, 4) is 5.88 Å². The molecule has 1 aliphatic heterocycles. The van der Waals surface area contributed by atoms with Gasteiger partial charge in [-0.1, -0.05) is 0 Å². The quantitative estimate of drug-likeness (QED) is 0.597. The van der Waals surface area contributed by atoms with E-state index in [0.29, 0.717) is 18.3 Å². The van der Waals surface area contributed by atoms with Crippen molar-refractivity contribution in [2.45, 2.75) is 19.4 Å². The van der Waals surface area contributed by atoms with Gasteiger partial charge in [-0.25, -0.2) is 4.98 Å². The van der Waals surface area contributed by atoms with Crippen LogP contribution < -0.4 is 16.0 Å². The number of nitrogens with one attached hydrogen (secondary N) is 1. The molecule has 0 aliphatic carbocycles. The van der Waals surface area contributed by atoms with E-state index in [1.165, 1.54) is 25.9 Å². The zero-order chi connectivity index (χ0) is 12.8. The molecule has 100 valence electrons. The van der Waals surface area contributed by atoms with Crippen molar-refractivity contribution in [2.75, 3.05) is 26.7 Å². The number of ether oxygens (including phenoxy) is 1. The maximum atomic E-state index is 5.77. The number of piperidine rings is 1. The summed E-state index contributed by atoms with van der Waals surface area (Å²) in [6.07, 6.45) is 4.18. The molecule has 0 atom stereocenters. The Morgan fingerprint density at radius 1 is 1.50 bits per heavy atom. The van der Waals surface area contributed by atoms with Crippen LogP contribution in [0.3, 0.4) is 0 Å². The molecule has 18 heavy (non-hydrogen) atoms. The second-order valence-electron chi connectivity index (χ2n) is 4.94. The Bertz CT molecular complexity index is 364. The number of hydrogen-bond acceptors (Lipinski definition) is 5. The van der Waals surface area contributed by atoms with E-state index in [9.17, 15) is 0 Å². The minimum absolute atomic E-state index is 0.632. The molecule has 2 rings (SSSR count). The van der Waals surface area contributed by atoms with Crippen molar-refractivity contribution in [1.29, 1.82) is 0 Å². The summed E-state index contributed by atoms with van der Waals surface area (Å²) < 4.78 is 5.77. The number of aromatic nitrogens is 1. The molecular weight excluding hydrogens is 228 g/mol. The van der Waals surface area contributed by atoms with Gasteiger partial charge in [-0.2, -0.15) is 0 Å². The second-order valence-corrected chi connectivity index (χ2v) is 4.94. The third kappa shape index (κ3) is 3.94. The predicted octanol–water partition coefficient (Wildman–Crippen LogP) is 0.765. The molecule has 3 N–H and O–H groups in total. The lowest BCUT2D eigenvalue weighted by molar-refractivity contribution is 0.157. The van der Waals surface area contributed by atoms with Gasteiger partial charge in [0, 0.05) is 18.8 Å². The highest BCUT2D eigenvalue weighted by Gasteiger charge is 2.17. The first kappa shape index (κ1) is 13.3. The lowest BCUT2D eigenvalue weighted by Gasteiger charge is -2.28. The van der Waals surface area contributed by atoms with E-state index in [0.717, 1.165) is 12.2 Å². The molecule has 0 bridgehead atoms. The average Bonchev–Trinajstić information content (AvgIpc) is 2.39. The van der Waals surface area contributed by atoms with Crippen LogP contribution in [-0.2, 0) is 6.54 Å². The molecule has 2 heterocycles. The van der Waals surface area contributed by atoms with Crippen LogP contribution in [0.4, 0.5) is 0 Å². The van der Waals surface area contributed by atoms with Crippen LogP contribution >= 0.6 is 0 Å². The Morgan fingerprint density at radius 2 is 2.28 bits per heavy atom. The maximum absolute atomic E-state index is 5.77. The Hall–Kier alpha value is -1.17. The van der Waals surface area contributed by atoms with Crippen molar-refractivity contribution in [1.82, 2.24) is 15.3 Å². The second kappa shape index (κ2) is 6.68. The molecule has 1 aromatic heterocycles. The van der Waals surface area contributed by atoms with E-state index in [1.807, 2.05) is 12.1 Å². The van der Waals surface area contributed by atoms with Gasteiger partial charge in [-0.15, -0.1) is 0 Å². The summed E-state index contributed by atoms with van der Waals surface area (Å²) in [5.41, 5.74) is 3.72. The van der Waals surface area contributed by atoms with Crippen LogP contribution in [0.25, 0.3) is 0 Å². The van der Waals surface area contributed by atoms with Gasteiger partial charge in [-0.3, -0.25) is 11.3 Å². The summed E-state index contributed by atoms with van der Waals surface area (Å²) in [6.45, 7) is 3.73. The highest BCUT2D eigenvalue weighted by molar-refractivity contribution is 5.20. The van der Waals surface area contributed by atoms with Gasteiger partial charge >= 0.3 is 0 Å². The van der Waals surface area contributed by atoms with Crippen LogP contribution in [0.5, 0.6) is 5.88 Å². The third-order valence-corrected chi connectivity index (χ3v) is 3.41. The van der Waals surface area contributed by atoms with Crippen molar-refractivity contribution in [3.63, 3.8) is 0 Å². The first-order valence-corrected chi connectivity index (χ1v) is 6.47. The van der Waals surface area contributed by atoms with Crippen LogP contribution in [-0.4, -0.2) is 36.6 Å². The molecule has 1 aliphatic rings. The molecule has 1 saturated heterocycles. The first-order chi connectivity index (χ1) is 8.78. The van der Waals surface area contributed by atoms with E-state index in [1.54, 1.807) is 6.20 Å². The monoisotopic (exact) mass is 250 g/mol. The zero-order valence-corrected chi connectivity index (χ0v) is 10.9. The van der Waals surface area contributed by atoms with Crippen molar-refractivity contribution >= 4 is 0 Å². The Morgan fingerprint density at radius 3 is 3.00 bits per heavy atom. The van der Waals surface area contributed by atoms with Gasteiger partial charge in [0.25, 0.3) is 0 Å². The fourth-order valence-electron chi connectivity index (χ4n) is 2.19. The molecule has 0 amide bonds. The molecule has 5 nitrogen and oxygen atoms in total. The van der Waals surface area contributed by atoms with Crippen molar-refractivity contribution < 1.29 is 4.74 Å². The highest BCUT2D eigenvalue weighted by Crippen LogP contribution is 2.18. The number of pyridine rings is 1. The normalized spacial score (nSPS) is 17.9. The lowest BCUT2D eigenvalue weighted by Crippen LogP contribution is -2.32. The summed E-state index contributed by atoms with van der Waals surface area (Å²) in [4.78, 5) is 6.58. The van der Waals surface area contributed by atoms with Crippen molar-refractivity contribution in [2.24, 2.45) is 11.8 Å². The van der Waals surface area contributed by atoms with Gasteiger partial charge in [0.1, 0.15) is 0 Å². The highest BCUT2D eigenvalue weighted by atomic mass is 16.5. The van der Waals surface area contributed by atoms with Gasteiger partial charge in [0.05, 0.1) is 6.61 Å². The smallest absolute Gasteiger partial charge is 0.213 e. The molecule has 1 aromatic rings. The maximum Gasteiger partial charge on any atom is 0.213 e. The molecule has 0 unspecified atom stereocenters. The molecule has 0 spiro atoms. The van der Waals surface area contributed by atoms with Crippen LogP contribution in [0.2, 0.25) is 0 Å². The first-order valence-electron chi connectivity index (χ1n) is 6.47. The van der Waals surface area contributed by atoms with Crippen LogP contribution in [0.1, 0.15) is 18.4 Å². The number of rotatable bonds is 5. The average molecular weight is 250 g/mol. The summed E-state index contributed by atoms with van der Waals surface area (Å²) in [5.74, 6) is 6.65. The van der Waals surface area contributed by atoms with Crippen molar-refractivity contribution in [3.05, 3.63) is 23.9 Å². The minimum atomic E-state index is 0.632. The van der Waals surface area contributed by atoms with E-state index in [4.69, 9.17) is 10.6 Å². The molecule has 5 heteroatoms. The number of likely N-dealkylation sites (tertiary alicyclic amines) is 1. The standard InChI is InChI=1S/C13H22N4O/c1-17-6-3-11(4-7-17)10-18-13-8-12(9-16-14)2-5-15-13/h2,5,8,11,16H,3-4,6-7,9-10,14H2,1H3. The summed E-state index contributed by atoms with van der Waals surface area (Å²) in [5, 5.41) is 0.